The molecular weight excluding hydrogens is 1550 g/mol. The molecular formula is C105H178O18. The Bertz CT molecular complexity index is 3360. The molecule has 12 N–H and O–H groups in total. The molecule has 0 aromatic carbocycles. The van der Waals surface area contributed by atoms with Crippen LogP contribution in [0.25, 0.3) is 0 Å². The maximum atomic E-state index is 10.5. The molecule has 3 heterocycles. The third kappa shape index (κ3) is 19.3. The lowest BCUT2D eigenvalue weighted by molar-refractivity contribution is -0.313. The van der Waals surface area contributed by atoms with Crippen molar-refractivity contribution in [3.63, 3.8) is 0 Å². The van der Waals surface area contributed by atoms with Gasteiger partial charge >= 0.3 is 0 Å². The van der Waals surface area contributed by atoms with Crippen molar-refractivity contribution >= 4 is 0 Å². The number of fused-ring (bicyclic) bond motifs is 15. The summed E-state index contributed by atoms with van der Waals surface area (Å²) in [5.41, 5.74) is 7.87. The van der Waals surface area contributed by atoms with Crippen molar-refractivity contribution in [2.75, 3.05) is 19.8 Å². The summed E-state index contributed by atoms with van der Waals surface area (Å²) in [6.45, 7) is 44.9. The Hall–Kier alpha value is -1.76. The number of hydrogen-bond acceptors (Lipinski definition) is 18. The highest BCUT2D eigenvalue weighted by Crippen LogP contribution is 2.72. The third-order valence-electron chi connectivity index (χ3n) is 40.1. The van der Waals surface area contributed by atoms with Crippen LogP contribution in [0.3, 0.4) is 0 Å². The maximum absolute atomic E-state index is 10.5. The molecule has 706 valence electrons. The Balaban J connectivity index is 0.000000159. The first-order chi connectivity index (χ1) is 58.3. The second-order valence-electron chi connectivity index (χ2n) is 46.5. The monoisotopic (exact) mass is 1730 g/mol. The molecule has 18 heteroatoms. The van der Waals surface area contributed by atoms with Crippen LogP contribution in [0.5, 0.6) is 0 Å². The fourth-order valence-electron chi connectivity index (χ4n) is 32.1. The van der Waals surface area contributed by atoms with Gasteiger partial charge in [-0.3, -0.25) is 0 Å². The quantitative estimate of drug-likeness (QED) is 0.0340. The van der Waals surface area contributed by atoms with E-state index in [1.54, 1.807) is 0 Å². The molecule has 3 aliphatic heterocycles. The Labute approximate surface area is 743 Å². The highest BCUT2D eigenvalue weighted by atomic mass is 16.7. The van der Waals surface area contributed by atoms with Gasteiger partial charge in [-0.25, -0.2) is 0 Å². The van der Waals surface area contributed by atoms with Crippen molar-refractivity contribution < 1.29 is 89.7 Å². The van der Waals surface area contributed by atoms with Crippen LogP contribution in [-0.2, 0) is 28.4 Å². The number of hydrogen-bond donors (Lipinski definition) is 12. The number of rotatable bonds is 27. The molecule has 0 bridgehead atoms. The molecule has 0 radical (unpaired) electrons. The molecule has 15 rings (SSSR count). The standard InChI is InChI=1S/2C35H60O6.C35H58O6/c3*1-7-22(20(2)3)9-8-21(4)26-12-13-27-25-11-10-23-18-24(14-16-34(23,5)28(25)15-17-35(26,27)6)40-33-32(39)31(38)30(37)29(19-36)41-33/h2*10,20-22,24-33,36-39H,7-9,11-19H2,1-6H3;10,21-22,24-33,36-39H,2,7-9,11-19H2,1,3-6H3/t3*21-,22-,24+,25+,26-,27+,28+,29-,30-,31+,32-,33?,34+,35-/m111/s1. The normalized spacial score (nSPS) is 47.7. The summed E-state index contributed by atoms with van der Waals surface area (Å²) >= 11 is 0. The van der Waals surface area contributed by atoms with Gasteiger partial charge < -0.3 is 89.7 Å². The molecule has 12 aliphatic carbocycles. The van der Waals surface area contributed by atoms with Crippen molar-refractivity contribution in [1.29, 1.82) is 0 Å². The first kappa shape index (κ1) is 98.7. The molecule has 12 fully saturated rings. The van der Waals surface area contributed by atoms with Gasteiger partial charge in [0.05, 0.1) is 38.1 Å². The summed E-state index contributed by atoms with van der Waals surface area (Å²) in [4.78, 5) is 0. The zero-order chi connectivity index (χ0) is 89.1. The topological polar surface area (TPSA) is 298 Å². The summed E-state index contributed by atoms with van der Waals surface area (Å²) in [5.74, 6) is 15.9. The van der Waals surface area contributed by atoms with Gasteiger partial charge in [-0.05, 0) is 344 Å². The van der Waals surface area contributed by atoms with E-state index < -0.39 is 112 Å². The SMILES string of the molecule is C=C(C)[C@H](CC)CC[C@@H](C)[C@H]1CC[C@H]2[C@@H]3CC=C4C[C@@H](OC5O[C@H](CO)[C@@H](O)[C@H](O)[C@H]5O)CC[C@]4(C)[C@H]3CC[C@]12C.CC[C@H](CC[C@@H](C)[C@H]1CC[C@H]2[C@@H]3CC=C4C[C@@H](OC5O[C@H](CO)[C@@H](O)[C@H](O)[C@H]5O)CC[C@]4(C)[C@H]3CC[C@]12C)C(C)C.CC[C@H](CC[C@@H](C)[C@H]1CC[C@H]2[C@@H]3CC=C4C[C@@H](OC5O[C@H](CO)[C@@H](O)[C@H](O)[C@H]5O)CC[C@]4(C)[C@H]3CC[C@]12C)C(C)C. The van der Waals surface area contributed by atoms with Crippen molar-refractivity contribution in [2.24, 2.45) is 151 Å². The minimum atomic E-state index is -1.40. The molecule has 123 heavy (non-hydrogen) atoms. The third-order valence-corrected chi connectivity index (χ3v) is 40.1. The Morgan fingerprint density at radius 2 is 0.650 bits per heavy atom. The Morgan fingerprint density at radius 1 is 0.366 bits per heavy atom. The van der Waals surface area contributed by atoms with Crippen molar-refractivity contribution in [1.82, 2.24) is 0 Å². The molecule has 3 saturated heterocycles. The summed E-state index contributed by atoms with van der Waals surface area (Å²) in [6.07, 6.45) is 29.3. The van der Waals surface area contributed by atoms with Crippen molar-refractivity contribution in [3.05, 3.63) is 47.1 Å². The number of ether oxygens (including phenoxy) is 6. The van der Waals surface area contributed by atoms with E-state index in [1.807, 2.05) is 0 Å². The summed E-state index contributed by atoms with van der Waals surface area (Å²) in [7, 11) is 0. The average Bonchev–Trinajstić information content (AvgIpc) is 1.66. The van der Waals surface area contributed by atoms with E-state index in [4.69, 9.17) is 28.4 Å². The zero-order valence-electron chi connectivity index (χ0n) is 79.7. The van der Waals surface area contributed by atoms with Gasteiger partial charge in [0, 0.05) is 0 Å². The second kappa shape index (κ2) is 40.6. The average molecular weight is 1730 g/mol. The second-order valence-corrected chi connectivity index (χ2v) is 46.5. The van der Waals surface area contributed by atoms with Crippen LogP contribution in [0.2, 0.25) is 0 Å². The van der Waals surface area contributed by atoms with Gasteiger partial charge in [0.2, 0.25) is 0 Å². The fourth-order valence-corrected chi connectivity index (χ4v) is 32.1. The van der Waals surface area contributed by atoms with E-state index in [0.717, 1.165) is 177 Å². The van der Waals surface area contributed by atoms with E-state index in [9.17, 15) is 61.3 Å². The summed E-state index contributed by atoms with van der Waals surface area (Å²) in [6, 6.07) is 0. The fraction of sp³-hybridized carbons (Fsp3) is 0.924. The van der Waals surface area contributed by atoms with Crippen LogP contribution in [0.4, 0.5) is 0 Å². The van der Waals surface area contributed by atoms with Gasteiger partial charge in [-0.1, -0.05) is 184 Å². The first-order valence-corrected chi connectivity index (χ1v) is 50.9. The predicted octanol–water partition coefficient (Wildman–Crippen LogP) is 17.5. The Morgan fingerprint density at radius 3 is 0.902 bits per heavy atom. The lowest BCUT2D eigenvalue weighted by Crippen LogP contribution is -2.60. The van der Waals surface area contributed by atoms with Gasteiger partial charge in [-0.15, -0.1) is 0 Å². The highest BCUT2D eigenvalue weighted by molar-refractivity contribution is 5.29. The van der Waals surface area contributed by atoms with Gasteiger partial charge in [0.15, 0.2) is 18.9 Å². The minimum Gasteiger partial charge on any atom is -0.394 e. The van der Waals surface area contributed by atoms with Gasteiger partial charge in [0.1, 0.15) is 73.2 Å². The van der Waals surface area contributed by atoms with Crippen LogP contribution in [0.15, 0.2) is 47.1 Å². The van der Waals surface area contributed by atoms with Crippen LogP contribution in [-0.4, -0.2) is 192 Å². The van der Waals surface area contributed by atoms with E-state index >= 15 is 0 Å². The molecule has 0 aromatic heterocycles. The van der Waals surface area contributed by atoms with Gasteiger partial charge in [0.25, 0.3) is 0 Å². The molecule has 0 spiro atoms. The lowest BCUT2D eigenvalue weighted by Gasteiger charge is -2.58. The van der Waals surface area contributed by atoms with Gasteiger partial charge in [-0.2, -0.15) is 0 Å². The van der Waals surface area contributed by atoms with Crippen LogP contribution in [0, 0.1) is 151 Å². The Kier molecular flexibility index (Phi) is 32.6. The van der Waals surface area contributed by atoms with Crippen LogP contribution < -0.4 is 0 Å². The predicted molar refractivity (Wildman–Crippen MR) is 483 cm³/mol. The van der Waals surface area contributed by atoms with Crippen LogP contribution in [0.1, 0.15) is 330 Å². The molecule has 0 aromatic rings. The van der Waals surface area contributed by atoms with E-state index in [2.05, 4.69) is 143 Å². The highest BCUT2D eigenvalue weighted by Gasteiger charge is 2.64. The van der Waals surface area contributed by atoms with E-state index in [1.165, 1.54) is 170 Å². The molecule has 42 atom stereocenters. The molecule has 18 nitrogen and oxygen atoms in total. The lowest BCUT2D eigenvalue weighted by atomic mass is 9.47. The zero-order valence-corrected chi connectivity index (χ0v) is 79.7. The first-order valence-electron chi connectivity index (χ1n) is 50.9. The van der Waals surface area contributed by atoms with Crippen molar-refractivity contribution in [2.45, 2.75) is 440 Å². The smallest absolute Gasteiger partial charge is 0.186 e. The molecule has 3 unspecified atom stereocenters. The van der Waals surface area contributed by atoms with Crippen LogP contribution >= 0.6 is 0 Å². The maximum Gasteiger partial charge on any atom is 0.186 e. The van der Waals surface area contributed by atoms with Crippen molar-refractivity contribution in [3.8, 4) is 0 Å². The van der Waals surface area contributed by atoms with E-state index in [0.29, 0.717) is 22.2 Å². The number of allylic oxidation sites excluding steroid dienone is 4. The summed E-state index contributed by atoms with van der Waals surface area (Å²) in [5, 5.41) is 121. The molecule has 9 saturated carbocycles. The largest absolute Gasteiger partial charge is 0.394 e. The van der Waals surface area contributed by atoms with E-state index in [-0.39, 0.29) is 34.6 Å². The molecule has 15 aliphatic rings. The number of aliphatic hydroxyl groups excluding tert-OH is 12. The minimum absolute atomic E-state index is 0.101. The number of aliphatic hydroxyl groups is 12. The molecule has 0 amide bonds. The summed E-state index contributed by atoms with van der Waals surface area (Å²) < 4.78 is 35.6.